The minimum atomic E-state index is -0.00114. The molecule has 0 saturated carbocycles. The summed E-state index contributed by atoms with van der Waals surface area (Å²) in [6.07, 6.45) is 0. The van der Waals surface area contributed by atoms with Crippen molar-refractivity contribution in [3.63, 3.8) is 0 Å². The fourth-order valence-corrected chi connectivity index (χ4v) is 1.34. The molecule has 0 saturated heterocycles. The summed E-state index contributed by atoms with van der Waals surface area (Å²) in [5.41, 5.74) is 7.46. The van der Waals surface area contributed by atoms with E-state index in [1.54, 1.807) is 6.07 Å². The van der Waals surface area contributed by atoms with Gasteiger partial charge in [0.05, 0.1) is 6.61 Å². The lowest BCUT2D eigenvalue weighted by Crippen LogP contribution is -2.20. The van der Waals surface area contributed by atoms with Crippen molar-refractivity contribution in [2.45, 2.75) is 19.5 Å². The van der Waals surface area contributed by atoms with Crippen LogP contribution >= 0.6 is 11.6 Å². The predicted octanol–water partition coefficient (Wildman–Crippen LogP) is 1.59. The summed E-state index contributed by atoms with van der Waals surface area (Å²) in [7, 11) is 0. The molecule has 0 aliphatic heterocycles. The standard InChI is InChI=1S/C10H15ClN2O/c1-7(6-14)13-10-4-9(11)3-2-8(10)5-12/h2-4,7,13-14H,5-6,12H2,1H3. The zero-order valence-electron chi connectivity index (χ0n) is 8.13. The van der Waals surface area contributed by atoms with Gasteiger partial charge in [0.2, 0.25) is 0 Å². The van der Waals surface area contributed by atoms with Gasteiger partial charge in [0.15, 0.2) is 0 Å². The Bertz CT molecular complexity index is 304. The Morgan fingerprint density at radius 3 is 2.86 bits per heavy atom. The number of hydrogen-bond acceptors (Lipinski definition) is 3. The number of rotatable bonds is 4. The Kier molecular flexibility index (Phi) is 4.20. The number of aliphatic hydroxyl groups excluding tert-OH is 1. The molecule has 0 amide bonds. The van der Waals surface area contributed by atoms with Crippen LogP contribution in [0.25, 0.3) is 0 Å². The molecule has 4 heteroatoms. The Balaban J connectivity index is 2.87. The molecule has 0 radical (unpaired) electrons. The zero-order chi connectivity index (χ0) is 10.6. The minimum absolute atomic E-state index is 0.00114. The third kappa shape index (κ3) is 2.87. The number of hydrogen-bond donors (Lipinski definition) is 3. The molecule has 0 spiro atoms. The van der Waals surface area contributed by atoms with Crippen molar-refractivity contribution in [3.05, 3.63) is 28.8 Å². The molecule has 0 aromatic heterocycles. The fourth-order valence-electron chi connectivity index (χ4n) is 1.17. The van der Waals surface area contributed by atoms with E-state index in [4.69, 9.17) is 22.4 Å². The van der Waals surface area contributed by atoms with Gasteiger partial charge in [0, 0.05) is 23.3 Å². The second kappa shape index (κ2) is 5.20. The van der Waals surface area contributed by atoms with E-state index in [0.29, 0.717) is 11.6 Å². The number of nitrogens with one attached hydrogen (secondary N) is 1. The van der Waals surface area contributed by atoms with Crippen LogP contribution in [0.2, 0.25) is 5.02 Å². The van der Waals surface area contributed by atoms with Gasteiger partial charge in [-0.3, -0.25) is 0 Å². The molecular formula is C10H15ClN2O. The Labute approximate surface area is 88.9 Å². The van der Waals surface area contributed by atoms with E-state index in [1.807, 2.05) is 19.1 Å². The molecule has 0 aliphatic carbocycles. The highest BCUT2D eigenvalue weighted by Crippen LogP contribution is 2.21. The van der Waals surface area contributed by atoms with Crippen LogP contribution in [0, 0.1) is 0 Å². The molecule has 14 heavy (non-hydrogen) atoms. The van der Waals surface area contributed by atoms with Crippen molar-refractivity contribution in [1.82, 2.24) is 0 Å². The SMILES string of the molecule is CC(CO)Nc1cc(Cl)ccc1CN. The van der Waals surface area contributed by atoms with Crippen LogP contribution in [0.15, 0.2) is 18.2 Å². The molecule has 0 heterocycles. The molecule has 1 unspecified atom stereocenters. The van der Waals surface area contributed by atoms with Crippen LogP contribution in [-0.4, -0.2) is 17.8 Å². The maximum Gasteiger partial charge on any atom is 0.0630 e. The van der Waals surface area contributed by atoms with E-state index in [1.165, 1.54) is 0 Å². The van der Waals surface area contributed by atoms with Gasteiger partial charge in [-0.05, 0) is 24.6 Å². The molecule has 0 aliphatic rings. The summed E-state index contributed by atoms with van der Waals surface area (Å²) >= 11 is 5.86. The number of anilines is 1. The predicted molar refractivity (Wildman–Crippen MR) is 59.5 cm³/mol. The summed E-state index contributed by atoms with van der Waals surface area (Å²) < 4.78 is 0. The van der Waals surface area contributed by atoms with E-state index >= 15 is 0 Å². The first-order chi connectivity index (χ1) is 6.67. The van der Waals surface area contributed by atoms with Crippen LogP contribution < -0.4 is 11.1 Å². The largest absolute Gasteiger partial charge is 0.394 e. The number of halogens is 1. The molecule has 1 aromatic carbocycles. The molecule has 1 rings (SSSR count). The summed E-state index contributed by atoms with van der Waals surface area (Å²) in [4.78, 5) is 0. The average molecular weight is 215 g/mol. The number of benzene rings is 1. The quantitative estimate of drug-likeness (QED) is 0.714. The van der Waals surface area contributed by atoms with Crippen molar-refractivity contribution in [2.75, 3.05) is 11.9 Å². The van der Waals surface area contributed by atoms with E-state index in [0.717, 1.165) is 11.3 Å². The van der Waals surface area contributed by atoms with Crippen molar-refractivity contribution >= 4 is 17.3 Å². The zero-order valence-corrected chi connectivity index (χ0v) is 8.88. The van der Waals surface area contributed by atoms with Gasteiger partial charge in [-0.2, -0.15) is 0 Å². The van der Waals surface area contributed by atoms with Gasteiger partial charge >= 0.3 is 0 Å². The lowest BCUT2D eigenvalue weighted by atomic mass is 10.1. The smallest absolute Gasteiger partial charge is 0.0630 e. The highest BCUT2D eigenvalue weighted by Gasteiger charge is 2.04. The Hall–Kier alpha value is -0.770. The average Bonchev–Trinajstić information content (AvgIpc) is 2.18. The van der Waals surface area contributed by atoms with Gasteiger partial charge in [0.1, 0.15) is 0 Å². The first-order valence-electron chi connectivity index (χ1n) is 4.53. The molecule has 1 atom stereocenters. The van der Waals surface area contributed by atoms with E-state index in [9.17, 15) is 0 Å². The van der Waals surface area contributed by atoms with Crippen LogP contribution in [-0.2, 0) is 6.54 Å². The lowest BCUT2D eigenvalue weighted by Gasteiger charge is -2.15. The maximum atomic E-state index is 8.90. The van der Waals surface area contributed by atoms with Crippen molar-refractivity contribution in [1.29, 1.82) is 0 Å². The molecule has 4 N–H and O–H groups in total. The van der Waals surface area contributed by atoms with Crippen molar-refractivity contribution in [2.24, 2.45) is 5.73 Å². The first kappa shape index (κ1) is 11.3. The molecule has 3 nitrogen and oxygen atoms in total. The highest BCUT2D eigenvalue weighted by molar-refractivity contribution is 6.30. The van der Waals surface area contributed by atoms with E-state index < -0.39 is 0 Å². The molecular weight excluding hydrogens is 200 g/mol. The van der Waals surface area contributed by atoms with Crippen LogP contribution in [0.4, 0.5) is 5.69 Å². The second-order valence-electron chi connectivity index (χ2n) is 3.23. The third-order valence-corrected chi connectivity index (χ3v) is 2.20. The van der Waals surface area contributed by atoms with Gasteiger partial charge in [-0.1, -0.05) is 17.7 Å². The third-order valence-electron chi connectivity index (χ3n) is 1.97. The molecule has 0 fully saturated rings. The van der Waals surface area contributed by atoms with Crippen LogP contribution in [0.5, 0.6) is 0 Å². The molecule has 0 bridgehead atoms. The normalized spacial score (nSPS) is 12.6. The van der Waals surface area contributed by atoms with Crippen molar-refractivity contribution in [3.8, 4) is 0 Å². The Morgan fingerprint density at radius 1 is 1.57 bits per heavy atom. The highest BCUT2D eigenvalue weighted by atomic mass is 35.5. The summed E-state index contributed by atoms with van der Waals surface area (Å²) in [5.74, 6) is 0. The molecule has 78 valence electrons. The summed E-state index contributed by atoms with van der Waals surface area (Å²) in [6, 6.07) is 5.50. The fraction of sp³-hybridized carbons (Fsp3) is 0.400. The van der Waals surface area contributed by atoms with Gasteiger partial charge in [-0.15, -0.1) is 0 Å². The number of aliphatic hydroxyl groups is 1. The van der Waals surface area contributed by atoms with Crippen LogP contribution in [0.1, 0.15) is 12.5 Å². The second-order valence-corrected chi connectivity index (χ2v) is 3.67. The van der Waals surface area contributed by atoms with Crippen molar-refractivity contribution < 1.29 is 5.11 Å². The molecule has 1 aromatic rings. The van der Waals surface area contributed by atoms with Gasteiger partial charge in [0.25, 0.3) is 0 Å². The van der Waals surface area contributed by atoms with E-state index in [2.05, 4.69) is 5.32 Å². The monoisotopic (exact) mass is 214 g/mol. The minimum Gasteiger partial charge on any atom is -0.394 e. The van der Waals surface area contributed by atoms with Crippen LogP contribution in [0.3, 0.4) is 0 Å². The van der Waals surface area contributed by atoms with E-state index in [-0.39, 0.29) is 12.6 Å². The van der Waals surface area contributed by atoms with Gasteiger partial charge in [-0.25, -0.2) is 0 Å². The van der Waals surface area contributed by atoms with Gasteiger partial charge < -0.3 is 16.2 Å². The summed E-state index contributed by atoms with van der Waals surface area (Å²) in [5, 5.41) is 12.7. The number of nitrogens with two attached hydrogens (primary N) is 1. The maximum absolute atomic E-state index is 8.90. The Morgan fingerprint density at radius 2 is 2.29 bits per heavy atom. The topological polar surface area (TPSA) is 58.3 Å². The lowest BCUT2D eigenvalue weighted by molar-refractivity contribution is 0.281. The first-order valence-corrected chi connectivity index (χ1v) is 4.91. The summed E-state index contributed by atoms with van der Waals surface area (Å²) in [6.45, 7) is 2.43.